The predicted octanol–water partition coefficient (Wildman–Crippen LogP) is 4.39. The van der Waals surface area contributed by atoms with E-state index in [4.69, 9.17) is 21.1 Å². The van der Waals surface area contributed by atoms with E-state index in [9.17, 15) is 4.39 Å². The summed E-state index contributed by atoms with van der Waals surface area (Å²) in [6.07, 6.45) is 1.72. The molecule has 0 bridgehead atoms. The standard InChI is InChI=1S/C18H16ClFN2O2/c1-23-16-5-2-13(3-6-16)11-24-12-14-10-15(20)4-7-17(14)22-9-8-18(19)21-22/h2-10H,11-12H2,1H3. The average Bonchev–Trinajstić information content (AvgIpc) is 3.02. The quantitative estimate of drug-likeness (QED) is 0.664. The van der Waals surface area contributed by atoms with E-state index in [0.29, 0.717) is 17.3 Å². The minimum atomic E-state index is -0.319. The molecule has 0 saturated heterocycles. The van der Waals surface area contributed by atoms with Gasteiger partial charge in [0, 0.05) is 11.8 Å². The molecule has 1 heterocycles. The Morgan fingerprint density at radius 1 is 1.08 bits per heavy atom. The molecule has 0 amide bonds. The second kappa shape index (κ2) is 7.47. The van der Waals surface area contributed by atoms with Crippen molar-refractivity contribution in [2.24, 2.45) is 0 Å². The molecule has 24 heavy (non-hydrogen) atoms. The van der Waals surface area contributed by atoms with E-state index in [0.717, 1.165) is 17.0 Å². The first-order chi connectivity index (χ1) is 11.7. The van der Waals surface area contributed by atoms with Crippen LogP contribution in [0.15, 0.2) is 54.7 Å². The molecule has 0 unspecified atom stereocenters. The van der Waals surface area contributed by atoms with Gasteiger partial charge < -0.3 is 9.47 Å². The summed E-state index contributed by atoms with van der Waals surface area (Å²) in [4.78, 5) is 0. The molecule has 0 N–H and O–H groups in total. The maximum Gasteiger partial charge on any atom is 0.151 e. The van der Waals surface area contributed by atoms with Crippen LogP contribution < -0.4 is 4.74 Å². The van der Waals surface area contributed by atoms with Gasteiger partial charge in [-0.2, -0.15) is 5.10 Å². The highest BCUT2D eigenvalue weighted by Gasteiger charge is 2.08. The number of hydrogen-bond acceptors (Lipinski definition) is 3. The first kappa shape index (κ1) is 16.5. The van der Waals surface area contributed by atoms with Crippen molar-refractivity contribution in [1.82, 2.24) is 9.78 Å². The van der Waals surface area contributed by atoms with Crippen LogP contribution in [-0.4, -0.2) is 16.9 Å². The Bertz CT molecular complexity index is 818. The average molecular weight is 347 g/mol. The first-order valence-electron chi connectivity index (χ1n) is 7.36. The van der Waals surface area contributed by atoms with Gasteiger partial charge in [-0.1, -0.05) is 23.7 Å². The normalized spacial score (nSPS) is 10.8. The van der Waals surface area contributed by atoms with E-state index in [1.165, 1.54) is 12.1 Å². The second-order valence-corrected chi connectivity index (χ2v) is 5.58. The number of ether oxygens (including phenoxy) is 2. The Labute approximate surface area is 144 Å². The van der Waals surface area contributed by atoms with Crippen molar-refractivity contribution < 1.29 is 13.9 Å². The fourth-order valence-electron chi connectivity index (χ4n) is 2.33. The number of benzene rings is 2. The summed E-state index contributed by atoms with van der Waals surface area (Å²) in [5.41, 5.74) is 2.44. The number of methoxy groups -OCH3 is 1. The fraction of sp³-hybridized carbons (Fsp3) is 0.167. The lowest BCUT2D eigenvalue weighted by Crippen LogP contribution is -2.03. The van der Waals surface area contributed by atoms with Crippen molar-refractivity contribution in [1.29, 1.82) is 0 Å². The summed E-state index contributed by atoms with van der Waals surface area (Å²) in [6, 6.07) is 13.8. The second-order valence-electron chi connectivity index (χ2n) is 5.20. The molecule has 124 valence electrons. The number of nitrogens with zero attached hydrogens (tertiary/aromatic N) is 2. The van der Waals surface area contributed by atoms with Crippen molar-refractivity contribution >= 4 is 11.6 Å². The third-order valence-electron chi connectivity index (χ3n) is 3.53. The highest BCUT2D eigenvalue weighted by molar-refractivity contribution is 6.29. The van der Waals surface area contributed by atoms with Gasteiger partial charge in [0.25, 0.3) is 0 Å². The Balaban J connectivity index is 1.71. The zero-order valence-electron chi connectivity index (χ0n) is 13.1. The molecule has 3 aromatic rings. The molecule has 0 atom stereocenters. The predicted molar refractivity (Wildman–Crippen MR) is 90.0 cm³/mol. The van der Waals surface area contributed by atoms with Gasteiger partial charge in [0.2, 0.25) is 0 Å². The lowest BCUT2D eigenvalue weighted by molar-refractivity contribution is 0.107. The maximum atomic E-state index is 13.6. The summed E-state index contributed by atoms with van der Waals surface area (Å²) in [5.74, 6) is 0.474. The molecule has 0 saturated carbocycles. The van der Waals surface area contributed by atoms with Crippen LogP contribution in [0, 0.1) is 5.82 Å². The van der Waals surface area contributed by atoms with Crippen molar-refractivity contribution in [3.05, 3.63) is 76.8 Å². The molecule has 0 aliphatic heterocycles. The lowest BCUT2D eigenvalue weighted by Gasteiger charge is -2.11. The molecule has 0 aliphatic carbocycles. The zero-order chi connectivity index (χ0) is 16.9. The van der Waals surface area contributed by atoms with Crippen molar-refractivity contribution in [2.75, 3.05) is 7.11 Å². The lowest BCUT2D eigenvalue weighted by atomic mass is 10.2. The summed E-state index contributed by atoms with van der Waals surface area (Å²) in [6.45, 7) is 0.677. The summed E-state index contributed by atoms with van der Waals surface area (Å²) in [5, 5.41) is 4.53. The first-order valence-corrected chi connectivity index (χ1v) is 7.74. The van der Waals surface area contributed by atoms with Crippen molar-refractivity contribution in [3.63, 3.8) is 0 Å². The SMILES string of the molecule is COc1ccc(COCc2cc(F)ccc2-n2ccc(Cl)n2)cc1. The van der Waals surface area contributed by atoms with Crippen molar-refractivity contribution in [2.45, 2.75) is 13.2 Å². The van der Waals surface area contributed by atoms with E-state index in [1.54, 1.807) is 30.1 Å². The zero-order valence-corrected chi connectivity index (χ0v) is 13.8. The van der Waals surface area contributed by atoms with Gasteiger partial charge in [0.1, 0.15) is 11.6 Å². The molecular weight excluding hydrogens is 331 g/mol. The monoisotopic (exact) mass is 346 g/mol. The van der Waals surface area contributed by atoms with Crippen LogP contribution in [-0.2, 0) is 18.0 Å². The third-order valence-corrected chi connectivity index (χ3v) is 3.73. The van der Waals surface area contributed by atoms with Gasteiger partial charge in [-0.05, 0) is 42.0 Å². The van der Waals surface area contributed by atoms with Gasteiger partial charge in [0.05, 0.1) is 26.0 Å². The van der Waals surface area contributed by atoms with Crippen LogP contribution in [0.2, 0.25) is 5.15 Å². The van der Waals surface area contributed by atoms with Crippen LogP contribution in [0.1, 0.15) is 11.1 Å². The van der Waals surface area contributed by atoms with Crippen LogP contribution >= 0.6 is 11.6 Å². The molecule has 0 spiro atoms. The van der Waals surface area contributed by atoms with E-state index >= 15 is 0 Å². The molecule has 6 heteroatoms. The van der Waals surface area contributed by atoms with Crippen LogP contribution in [0.5, 0.6) is 5.75 Å². The summed E-state index contributed by atoms with van der Waals surface area (Å²) in [7, 11) is 1.62. The van der Waals surface area contributed by atoms with Crippen LogP contribution in [0.25, 0.3) is 5.69 Å². The van der Waals surface area contributed by atoms with Crippen molar-refractivity contribution in [3.8, 4) is 11.4 Å². The Morgan fingerprint density at radius 3 is 2.54 bits per heavy atom. The fourth-order valence-corrected chi connectivity index (χ4v) is 2.47. The van der Waals surface area contributed by atoms with Gasteiger partial charge in [-0.3, -0.25) is 0 Å². The minimum absolute atomic E-state index is 0.261. The van der Waals surface area contributed by atoms with E-state index in [1.807, 2.05) is 24.3 Å². The van der Waals surface area contributed by atoms with Gasteiger partial charge >= 0.3 is 0 Å². The highest BCUT2D eigenvalue weighted by atomic mass is 35.5. The molecule has 4 nitrogen and oxygen atoms in total. The summed E-state index contributed by atoms with van der Waals surface area (Å²) < 4.78 is 26.0. The van der Waals surface area contributed by atoms with E-state index in [2.05, 4.69) is 5.10 Å². The highest BCUT2D eigenvalue weighted by Crippen LogP contribution is 2.19. The topological polar surface area (TPSA) is 36.3 Å². The Hall–Kier alpha value is -2.37. The maximum absolute atomic E-state index is 13.6. The number of hydrogen-bond donors (Lipinski definition) is 0. The molecule has 3 rings (SSSR count). The van der Waals surface area contributed by atoms with Gasteiger partial charge in [-0.15, -0.1) is 0 Å². The number of rotatable bonds is 6. The van der Waals surface area contributed by atoms with E-state index in [-0.39, 0.29) is 12.4 Å². The molecule has 0 radical (unpaired) electrons. The number of halogens is 2. The third kappa shape index (κ3) is 3.93. The number of aromatic nitrogens is 2. The van der Waals surface area contributed by atoms with Crippen LogP contribution in [0.3, 0.4) is 0 Å². The summed E-state index contributed by atoms with van der Waals surface area (Å²) >= 11 is 5.86. The van der Waals surface area contributed by atoms with Crippen LogP contribution in [0.4, 0.5) is 4.39 Å². The molecule has 0 fully saturated rings. The molecule has 0 aliphatic rings. The molecular formula is C18H16ClFN2O2. The minimum Gasteiger partial charge on any atom is -0.497 e. The smallest absolute Gasteiger partial charge is 0.151 e. The van der Waals surface area contributed by atoms with Gasteiger partial charge in [-0.25, -0.2) is 9.07 Å². The Kier molecular flexibility index (Phi) is 5.13. The van der Waals surface area contributed by atoms with E-state index < -0.39 is 0 Å². The van der Waals surface area contributed by atoms with Gasteiger partial charge in [0.15, 0.2) is 5.15 Å². The molecule has 1 aromatic heterocycles. The Morgan fingerprint density at radius 2 is 1.88 bits per heavy atom. The molecule has 2 aromatic carbocycles. The largest absolute Gasteiger partial charge is 0.497 e.